The van der Waals surface area contributed by atoms with Crippen molar-refractivity contribution < 1.29 is 15.0 Å². The maximum Gasteiger partial charge on any atom is 0.163 e. The summed E-state index contributed by atoms with van der Waals surface area (Å²) >= 11 is 0. The molecule has 0 amide bonds. The van der Waals surface area contributed by atoms with Crippen LogP contribution in [0, 0.1) is 5.92 Å². The number of rotatable bonds is 7. The predicted octanol–water partition coefficient (Wildman–Crippen LogP) is 2.94. The van der Waals surface area contributed by atoms with E-state index in [0.717, 1.165) is 5.56 Å². The van der Waals surface area contributed by atoms with Crippen LogP contribution in [-0.2, 0) is 0 Å². The molecule has 0 aliphatic heterocycles. The summed E-state index contributed by atoms with van der Waals surface area (Å²) in [5.74, 6) is -0.464. The standard InChI is InChI=1S/C19H20O3/c20-14-19(22)17(12-11-15-7-3-1-4-8-15)13-18(21)16-9-5-2-6-10-16/h1-12,17,19-20,22H,13-14H2/b12-11+/t17?,19-/m1/s1. The lowest BCUT2D eigenvalue weighted by Crippen LogP contribution is -2.25. The average molecular weight is 296 g/mol. The minimum atomic E-state index is -0.951. The quantitative estimate of drug-likeness (QED) is 0.772. The highest BCUT2D eigenvalue weighted by atomic mass is 16.3. The zero-order chi connectivity index (χ0) is 15.8. The lowest BCUT2D eigenvalue weighted by molar-refractivity contribution is 0.0566. The van der Waals surface area contributed by atoms with Crippen LogP contribution in [-0.4, -0.2) is 28.7 Å². The molecule has 0 aliphatic carbocycles. The molecule has 0 aliphatic rings. The molecule has 0 radical (unpaired) electrons. The van der Waals surface area contributed by atoms with Crippen LogP contribution in [0.25, 0.3) is 6.08 Å². The molecule has 0 heterocycles. The van der Waals surface area contributed by atoms with Gasteiger partial charge in [0.15, 0.2) is 5.78 Å². The third-order valence-corrected chi connectivity index (χ3v) is 3.53. The SMILES string of the molecule is O=C(CC(/C=C/c1ccccc1)[C@H](O)CO)c1ccccc1. The van der Waals surface area contributed by atoms with E-state index in [9.17, 15) is 15.0 Å². The Morgan fingerprint density at radius 1 is 1.00 bits per heavy atom. The fourth-order valence-electron chi connectivity index (χ4n) is 2.22. The molecule has 22 heavy (non-hydrogen) atoms. The first-order valence-corrected chi connectivity index (χ1v) is 7.31. The maximum absolute atomic E-state index is 12.3. The molecule has 3 nitrogen and oxygen atoms in total. The molecule has 0 saturated carbocycles. The molecule has 1 unspecified atom stereocenters. The fourth-order valence-corrected chi connectivity index (χ4v) is 2.22. The number of Topliss-reactive ketones (excluding diaryl/α,β-unsaturated/α-hetero) is 1. The molecule has 2 N–H and O–H groups in total. The van der Waals surface area contributed by atoms with Crippen molar-refractivity contribution in [3.05, 3.63) is 77.9 Å². The highest BCUT2D eigenvalue weighted by Crippen LogP contribution is 2.17. The Kier molecular flexibility index (Phi) is 6.07. The monoisotopic (exact) mass is 296 g/mol. The van der Waals surface area contributed by atoms with E-state index >= 15 is 0 Å². The van der Waals surface area contributed by atoms with Crippen molar-refractivity contribution in [2.45, 2.75) is 12.5 Å². The van der Waals surface area contributed by atoms with Crippen molar-refractivity contribution in [3.63, 3.8) is 0 Å². The van der Waals surface area contributed by atoms with Crippen LogP contribution in [0.2, 0.25) is 0 Å². The van der Waals surface area contributed by atoms with Crippen LogP contribution >= 0.6 is 0 Å². The molecule has 0 spiro atoms. The smallest absolute Gasteiger partial charge is 0.163 e. The first-order chi connectivity index (χ1) is 10.7. The molecule has 0 fully saturated rings. The number of aliphatic hydroxyl groups excluding tert-OH is 2. The zero-order valence-corrected chi connectivity index (χ0v) is 12.3. The van der Waals surface area contributed by atoms with E-state index in [4.69, 9.17) is 0 Å². The van der Waals surface area contributed by atoms with Crippen LogP contribution in [0.3, 0.4) is 0 Å². The number of aliphatic hydroxyl groups is 2. The number of carbonyl (C=O) groups excluding carboxylic acids is 1. The van der Waals surface area contributed by atoms with Gasteiger partial charge in [-0.3, -0.25) is 4.79 Å². The molecular weight excluding hydrogens is 276 g/mol. The highest BCUT2D eigenvalue weighted by Gasteiger charge is 2.20. The second-order valence-corrected chi connectivity index (χ2v) is 5.18. The molecule has 2 rings (SSSR count). The summed E-state index contributed by atoms with van der Waals surface area (Å²) in [4.78, 5) is 12.3. The Morgan fingerprint density at radius 2 is 1.59 bits per heavy atom. The summed E-state index contributed by atoms with van der Waals surface area (Å²) in [6, 6.07) is 18.6. The largest absolute Gasteiger partial charge is 0.394 e. The van der Waals surface area contributed by atoms with Gasteiger partial charge in [-0.2, -0.15) is 0 Å². The molecule has 0 bridgehead atoms. The third-order valence-electron chi connectivity index (χ3n) is 3.53. The number of benzene rings is 2. The number of carbonyl (C=O) groups is 1. The third kappa shape index (κ3) is 4.65. The summed E-state index contributed by atoms with van der Waals surface area (Å²) in [5.41, 5.74) is 1.61. The minimum absolute atomic E-state index is 0.0455. The van der Waals surface area contributed by atoms with Crippen molar-refractivity contribution in [3.8, 4) is 0 Å². The highest BCUT2D eigenvalue weighted by molar-refractivity contribution is 5.96. The first kappa shape index (κ1) is 16.1. The second kappa shape index (κ2) is 8.27. The van der Waals surface area contributed by atoms with Gasteiger partial charge in [0.05, 0.1) is 12.7 Å². The average Bonchev–Trinajstić information content (AvgIpc) is 2.59. The van der Waals surface area contributed by atoms with E-state index in [1.165, 1.54) is 0 Å². The number of hydrogen-bond donors (Lipinski definition) is 2. The van der Waals surface area contributed by atoms with E-state index < -0.39 is 12.0 Å². The lowest BCUT2D eigenvalue weighted by Gasteiger charge is -2.17. The van der Waals surface area contributed by atoms with Crippen LogP contribution in [0.4, 0.5) is 0 Å². The van der Waals surface area contributed by atoms with Gasteiger partial charge in [0, 0.05) is 17.9 Å². The molecule has 3 heteroatoms. The molecule has 114 valence electrons. The van der Waals surface area contributed by atoms with Crippen LogP contribution in [0.15, 0.2) is 66.7 Å². The molecular formula is C19H20O3. The van der Waals surface area contributed by atoms with Gasteiger partial charge in [-0.15, -0.1) is 0 Å². The lowest BCUT2D eigenvalue weighted by atomic mass is 9.92. The van der Waals surface area contributed by atoms with Crippen molar-refractivity contribution in [2.24, 2.45) is 5.92 Å². The van der Waals surface area contributed by atoms with Crippen molar-refractivity contribution in [1.29, 1.82) is 0 Å². The molecule has 2 atom stereocenters. The van der Waals surface area contributed by atoms with Gasteiger partial charge >= 0.3 is 0 Å². The van der Waals surface area contributed by atoms with Gasteiger partial charge in [-0.05, 0) is 5.56 Å². The van der Waals surface area contributed by atoms with Crippen LogP contribution < -0.4 is 0 Å². The fraction of sp³-hybridized carbons (Fsp3) is 0.211. The van der Waals surface area contributed by atoms with Crippen LogP contribution in [0.1, 0.15) is 22.3 Å². The summed E-state index contributed by atoms with van der Waals surface area (Å²) in [7, 11) is 0. The van der Waals surface area contributed by atoms with Gasteiger partial charge in [0.2, 0.25) is 0 Å². The van der Waals surface area contributed by atoms with Gasteiger partial charge in [-0.1, -0.05) is 72.8 Å². The van der Waals surface area contributed by atoms with Gasteiger partial charge in [0.1, 0.15) is 0 Å². The predicted molar refractivity (Wildman–Crippen MR) is 87.4 cm³/mol. The van der Waals surface area contributed by atoms with Gasteiger partial charge in [-0.25, -0.2) is 0 Å². The molecule has 2 aromatic carbocycles. The van der Waals surface area contributed by atoms with Crippen LogP contribution in [0.5, 0.6) is 0 Å². The zero-order valence-electron chi connectivity index (χ0n) is 12.3. The minimum Gasteiger partial charge on any atom is -0.394 e. The number of hydrogen-bond acceptors (Lipinski definition) is 3. The molecule has 0 aromatic heterocycles. The topological polar surface area (TPSA) is 57.5 Å². The maximum atomic E-state index is 12.3. The second-order valence-electron chi connectivity index (χ2n) is 5.18. The Labute approximate surface area is 130 Å². The molecule has 2 aromatic rings. The summed E-state index contributed by atoms with van der Waals surface area (Å²) < 4.78 is 0. The summed E-state index contributed by atoms with van der Waals surface area (Å²) in [6.07, 6.45) is 2.86. The Hall–Kier alpha value is -2.23. The van der Waals surface area contributed by atoms with E-state index in [0.29, 0.717) is 5.56 Å². The summed E-state index contributed by atoms with van der Waals surface area (Å²) in [6.45, 7) is -0.369. The Morgan fingerprint density at radius 3 is 2.18 bits per heavy atom. The van der Waals surface area contributed by atoms with Gasteiger partial charge in [0.25, 0.3) is 0 Å². The van der Waals surface area contributed by atoms with E-state index in [1.54, 1.807) is 18.2 Å². The van der Waals surface area contributed by atoms with Crippen molar-refractivity contribution in [1.82, 2.24) is 0 Å². The van der Waals surface area contributed by atoms with E-state index in [2.05, 4.69) is 0 Å². The first-order valence-electron chi connectivity index (χ1n) is 7.31. The normalized spacial score (nSPS) is 13.9. The van der Waals surface area contributed by atoms with Crippen molar-refractivity contribution >= 4 is 11.9 Å². The van der Waals surface area contributed by atoms with Crippen molar-refractivity contribution in [2.75, 3.05) is 6.61 Å². The molecule has 0 saturated heterocycles. The summed E-state index contributed by atoms with van der Waals surface area (Å²) in [5, 5.41) is 19.1. The number of ketones is 1. The Bertz CT molecular complexity index is 605. The van der Waals surface area contributed by atoms with E-state index in [-0.39, 0.29) is 18.8 Å². The Balaban J connectivity index is 2.10. The van der Waals surface area contributed by atoms with Gasteiger partial charge < -0.3 is 10.2 Å². The van der Waals surface area contributed by atoms with E-state index in [1.807, 2.05) is 54.6 Å².